The molecule has 3 rings (SSSR count). The number of carboxylic acids is 1. The Labute approximate surface area is 156 Å². The number of terminal acetylenes is 1. The lowest BCUT2D eigenvalue weighted by Gasteiger charge is -2.34. The minimum absolute atomic E-state index is 0.0333. The first-order valence-electron chi connectivity index (χ1n) is 8.76. The Kier molecular flexibility index (Phi) is 4.92. The summed E-state index contributed by atoms with van der Waals surface area (Å²) >= 11 is 0. The fourth-order valence-electron chi connectivity index (χ4n) is 3.35. The molecule has 0 saturated heterocycles. The molecule has 0 radical (unpaired) electrons. The number of halogens is 1. The molecule has 1 unspecified atom stereocenters. The highest BCUT2D eigenvalue weighted by molar-refractivity contribution is 6.05. The maximum absolute atomic E-state index is 14.5. The lowest BCUT2D eigenvalue weighted by Crippen LogP contribution is -2.48. The van der Waals surface area contributed by atoms with Crippen LogP contribution >= 0.6 is 0 Å². The maximum Gasteiger partial charge on any atom is 0.303 e. The van der Waals surface area contributed by atoms with Crippen molar-refractivity contribution in [3.05, 3.63) is 23.5 Å². The summed E-state index contributed by atoms with van der Waals surface area (Å²) < 4.78 is 20.2. The molecule has 2 aliphatic rings. The third kappa shape index (κ3) is 3.80. The van der Waals surface area contributed by atoms with Gasteiger partial charge in [-0.1, -0.05) is 12.8 Å². The summed E-state index contributed by atoms with van der Waals surface area (Å²) in [6, 6.07) is 2.61. The fourth-order valence-corrected chi connectivity index (χ4v) is 3.35. The van der Waals surface area contributed by atoms with Crippen LogP contribution in [0.15, 0.2) is 12.1 Å². The van der Waals surface area contributed by atoms with Gasteiger partial charge in [0.25, 0.3) is 5.91 Å². The number of Topliss-reactive ketones (excluding diaryl/α,β-unsaturated/α-hetero) is 1. The van der Waals surface area contributed by atoms with Crippen molar-refractivity contribution < 1.29 is 28.6 Å². The number of aliphatic carboxylic acids is 1. The van der Waals surface area contributed by atoms with Gasteiger partial charge in [0, 0.05) is 38.2 Å². The number of anilines is 1. The predicted molar refractivity (Wildman–Crippen MR) is 94.9 cm³/mol. The Morgan fingerprint density at radius 1 is 1.41 bits per heavy atom. The zero-order chi connectivity index (χ0) is 19.8. The number of hydrogen-bond donors (Lipinski definition) is 1. The first kappa shape index (κ1) is 18.9. The molecule has 6 nitrogen and oxygen atoms in total. The SMILES string of the molecule is C#CCN1C(=O)C2(CC2)Oc2cc(F)c(CC(=O)CC(C)CC(=O)O)cc21. The average Bonchev–Trinajstić information content (AvgIpc) is 3.33. The normalized spacial score (nSPS) is 17.7. The molecule has 1 N–H and O–H groups in total. The molecule has 1 heterocycles. The Morgan fingerprint density at radius 2 is 2.11 bits per heavy atom. The Balaban J connectivity index is 1.83. The first-order valence-corrected chi connectivity index (χ1v) is 8.76. The van der Waals surface area contributed by atoms with E-state index >= 15 is 0 Å². The summed E-state index contributed by atoms with van der Waals surface area (Å²) in [6.45, 7) is 1.69. The molecule has 7 heteroatoms. The second kappa shape index (κ2) is 7.03. The molecular formula is C20H20FNO5. The number of fused-ring (bicyclic) bond motifs is 1. The highest BCUT2D eigenvalue weighted by Crippen LogP contribution is 2.49. The zero-order valence-corrected chi connectivity index (χ0v) is 15.0. The minimum Gasteiger partial charge on any atom is -0.481 e. The largest absolute Gasteiger partial charge is 0.481 e. The van der Waals surface area contributed by atoms with Gasteiger partial charge in [-0.2, -0.15) is 0 Å². The highest BCUT2D eigenvalue weighted by Gasteiger charge is 2.58. The number of nitrogens with zero attached hydrogens (tertiary/aromatic N) is 1. The van der Waals surface area contributed by atoms with Crippen LogP contribution in [0.25, 0.3) is 0 Å². The average molecular weight is 373 g/mol. The molecule has 1 aliphatic heterocycles. The van der Waals surface area contributed by atoms with Crippen molar-refractivity contribution in [1.29, 1.82) is 0 Å². The van der Waals surface area contributed by atoms with E-state index in [0.717, 1.165) is 0 Å². The van der Waals surface area contributed by atoms with Crippen LogP contribution in [0.4, 0.5) is 10.1 Å². The van der Waals surface area contributed by atoms with Crippen molar-refractivity contribution in [1.82, 2.24) is 0 Å². The highest BCUT2D eigenvalue weighted by atomic mass is 19.1. The molecular weight excluding hydrogens is 353 g/mol. The van der Waals surface area contributed by atoms with E-state index in [0.29, 0.717) is 18.5 Å². The van der Waals surface area contributed by atoms with Gasteiger partial charge in [0.1, 0.15) is 17.3 Å². The van der Waals surface area contributed by atoms with E-state index in [-0.39, 0.29) is 54.7 Å². The molecule has 1 atom stereocenters. The van der Waals surface area contributed by atoms with Crippen LogP contribution in [-0.4, -0.2) is 34.9 Å². The van der Waals surface area contributed by atoms with E-state index in [1.165, 1.54) is 17.0 Å². The number of ether oxygens (including phenoxy) is 1. The van der Waals surface area contributed by atoms with E-state index < -0.39 is 17.4 Å². The molecule has 142 valence electrons. The fraction of sp³-hybridized carbons (Fsp3) is 0.450. The van der Waals surface area contributed by atoms with Crippen molar-refractivity contribution in [2.75, 3.05) is 11.4 Å². The number of ketones is 1. The Hall–Kier alpha value is -2.88. The quantitative estimate of drug-likeness (QED) is 0.742. The van der Waals surface area contributed by atoms with Crippen LogP contribution in [0.2, 0.25) is 0 Å². The van der Waals surface area contributed by atoms with Gasteiger partial charge in [-0.05, 0) is 17.5 Å². The van der Waals surface area contributed by atoms with Crippen LogP contribution in [0.3, 0.4) is 0 Å². The van der Waals surface area contributed by atoms with Crippen molar-refractivity contribution in [2.45, 2.75) is 44.6 Å². The third-order valence-corrected chi connectivity index (χ3v) is 4.80. The van der Waals surface area contributed by atoms with E-state index in [9.17, 15) is 18.8 Å². The van der Waals surface area contributed by atoms with Gasteiger partial charge >= 0.3 is 5.97 Å². The molecule has 1 aromatic carbocycles. The number of amides is 1. The summed E-state index contributed by atoms with van der Waals surface area (Å²) in [5, 5.41) is 8.78. The van der Waals surface area contributed by atoms with Gasteiger partial charge < -0.3 is 9.84 Å². The first-order chi connectivity index (χ1) is 12.8. The summed E-state index contributed by atoms with van der Waals surface area (Å²) in [5.74, 6) is 0.239. The predicted octanol–water partition coefficient (Wildman–Crippen LogP) is 2.33. The van der Waals surface area contributed by atoms with Crippen molar-refractivity contribution >= 4 is 23.3 Å². The molecule has 1 amide bonds. The van der Waals surface area contributed by atoms with Gasteiger partial charge in [-0.15, -0.1) is 6.42 Å². The zero-order valence-electron chi connectivity index (χ0n) is 15.0. The molecule has 1 fully saturated rings. The van der Waals surface area contributed by atoms with Gasteiger partial charge in [0.2, 0.25) is 0 Å². The topological polar surface area (TPSA) is 83.9 Å². The van der Waals surface area contributed by atoms with E-state index in [1.807, 2.05) is 0 Å². The molecule has 1 aromatic rings. The van der Waals surface area contributed by atoms with Crippen LogP contribution in [0, 0.1) is 24.1 Å². The summed E-state index contributed by atoms with van der Waals surface area (Å²) in [4.78, 5) is 36.9. The van der Waals surface area contributed by atoms with Crippen molar-refractivity contribution in [3.8, 4) is 18.1 Å². The number of hydrogen-bond acceptors (Lipinski definition) is 4. The van der Waals surface area contributed by atoms with E-state index in [1.54, 1.807) is 6.92 Å². The molecule has 1 saturated carbocycles. The van der Waals surface area contributed by atoms with Gasteiger partial charge in [-0.3, -0.25) is 19.3 Å². The second-order valence-electron chi connectivity index (χ2n) is 7.23. The summed E-state index contributed by atoms with van der Waals surface area (Å²) in [7, 11) is 0. The Bertz CT molecular complexity index is 853. The minimum atomic E-state index is -0.982. The lowest BCUT2D eigenvalue weighted by atomic mass is 9.96. The van der Waals surface area contributed by atoms with Crippen LogP contribution in [0.5, 0.6) is 5.75 Å². The Morgan fingerprint density at radius 3 is 2.70 bits per heavy atom. The number of carboxylic acid groups (broad SMARTS) is 1. The van der Waals surface area contributed by atoms with Crippen molar-refractivity contribution in [3.63, 3.8) is 0 Å². The number of benzene rings is 1. The van der Waals surface area contributed by atoms with Gasteiger partial charge in [0.15, 0.2) is 5.60 Å². The number of carbonyl (C=O) groups excluding carboxylic acids is 2. The molecule has 0 aromatic heterocycles. The van der Waals surface area contributed by atoms with E-state index in [2.05, 4.69) is 5.92 Å². The molecule has 27 heavy (non-hydrogen) atoms. The van der Waals surface area contributed by atoms with E-state index in [4.69, 9.17) is 16.3 Å². The number of carbonyl (C=O) groups is 3. The van der Waals surface area contributed by atoms with Gasteiger partial charge in [0.05, 0.1) is 12.2 Å². The molecule has 1 spiro atoms. The van der Waals surface area contributed by atoms with Crippen molar-refractivity contribution in [2.24, 2.45) is 5.92 Å². The smallest absolute Gasteiger partial charge is 0.303 e. The summed E-state index contributed by atoms with van der Waals surface area (Å²) in [5.41, 5.74) is -0.440. The lowest BCUT2D eigenvalue weighted by molar-refractivity contribution is -0.138. The monoisotopic (exact) mass is 373 g/mol. The van der Waals surface area contributed by atoms with Crippen LogP contribution in [0.1, 0.15) is 38.2 Å². The van der Waals surface area contributed by atoms with Gasteiger partial charge in [-0.25, -0.2) is 4.39 Å². The molecule has 1 aliphatic carbocycles. The number of rotatable bonds is 7. The third-order valence-electron chi connectivity index (χ3n) is 4.80. The standard InChI is InChI=1S/C20H20FNO5/c1-3-6-22-16-10-13(9-14(23)7-12(2)8-18(24)25)15(21)11-17(16)27-20(4-5-20)19(22)26/h1,10-12H,4-9H2,2H3,(H,24,25). The second-order valence-corrected chi connectivity index (χ2v) is 7.23. The molecule has 0 bridgehead atoms. The van der Waals surface area contributed by atoms with Crippen LogP contribution < -0.4 is 9.64 Å². The maximum atomic E-state index is 14.5. The summed E-state index contributed by atoms with van der Waals surface area (Å²) in [6.07, 6.45) is 6.22. The van der Waals surface area contributed by atoms with Crippen LogP contribution in [-0.2, 0) is 20.8 Å².